The van der Waals surface area contributed by atoms with Crippen LogP contribution >= 0.6 is 0 Å². The highest BCUT2D eigenvalue weighted by atomic mass is 16.3. The van der Waals surface area contributed by atoms with Gasteiger partial charge in [0.25, 0.3) is 0 Å². The fraction of sp³-hybridized carbons (Fsp3) is 0.700. The van der Waals surface area contributed by atoms with Gasteiger partial charge in [0, 0.05) is 11.8 Å². The van der Waals surface area contributed by atoms with E-state index in [1.807, 2.05) is 13.8 Å². The van der Waals surface area contributed by atoms with Crippen LogP contribution in [0, 0.1) is 11.8 Å². The van der Waals surface area contributed by atoms with Crippen molar-refractivity contribution in [1.29, 1.82) is 0 Å². The predicted molar refractivity (Wildman–Crippen MR) is 47.7 cm³/mol. The second kappa shape index (κ2) is 3.40. The minimum atomic E-state index is -0.800. The molecular weight excluding hydrogens is 152 g/mol. The van der Waals surface area contributed by atoms with Gasteiger partial charge in [0.15, 0.2) is 5.78 Å². The molecule has 2 heteroatoms. The van der Waals surface area contributed by atoms with Crippen LogP contribution in [-0.4, -0.2) is 17.0 Å². The van der Waals surface area contributed by atoms with Gasteiger partial charge in [0.1, 0.15) is 6.10 Å². The molecule has 1 aliphatic carbocycles. The van der Waals surface area contributed by atoms with E-state index >= 15 is 0 Å². The number of hydrogen-bond acceptors (Lipinski definition) is 2. The van der Waals surface area contributed by atoms with Crippen molar-refractivity contribution in [3.63, 3.8) is 0 Å². The Balaban J connectivity index is 2.71. The summed E-state index contributed by atoms with van der Waals surface area (Å²) >= 11 is 0. The Morgan fingerprint density at radius 1 is 1.58 bits per heavy atom. The minimum Gasteiger partial charge on any atom is -0.385 e. The smallest absolute Gasteiger partial charge is 0.164 e. The lowest BCUT2D eigenvalue weighted by Gasteiger charge is -2.30. The van der Waals surface area contributed by atoms with Crippen LogP contribution in [0.15, 0.2) is 12.2 Å². The molecule has 0 aromatic carbocycles. The first-order valence-corrected chi connectivity index (χ1v) is 4.41. The summed E-state index contributed by atoms with van der Waals surface area (Å²) in [6.45, 7) is 7.52. The van der Waals surface area contributed by atoms with E-state index in [9.17, 15) is 9.90 Å². The Hall–Kier alpha value is -0.630. The quantitative estimate of drug-likeness (QED) is 0.603. The number of carbonyl (C=O) groups is 1. The van der Waals surface area contributed by atoms with Crippen molar-refractivity contribution < 1.29 is 9.90 Å². The molecule has 0 spiro atoms. The zero-order valence-corrected chi connectivity index (χ0v) is 7.71. The van der Waals surface area contributed by atoms with Crippen molar-refractivity contribution >= 4 is 5.78 Å². The second-order valence-electron chi connectivity index (χ2n) is 3.78. The summed E-state index contributed by atoms with van der Waals surface area (Å²) in [4.78, 5) is 11.3. The minimum absolute atomic E-state index is 0.00583. The van der Waals surface area contributed by atoms with Gasteiger partial charge in [-0.1, -0.05) is 19.1 Å². The molecule has 0 saturated heterocycles. The molecule has 12 heavy (non-hydrogen) atoms. The summed E-state index contributed by atoms with van der Waals surface area (Å²) in [6.07, 6.45) is 0.975. The van der Waals surface area contributed by atoms with Gasteiger partial charge in [-0.15, -0.1) is 0 Å². The lowest BCUT2D eigenvalue weighted by Crippen LogP contribution is -2.38. The molecule has 0 aromatic heterocycles. The molecule has 68 valence electrons. The maximum atomic E-state index is 11.3. The van der Waals surface area contributed by atoms with Gasteiger partial charge in [0.2, 0.25) is 0 Å². The van der Waals surface area contributed by atoms with Crippen LogP contribution in [0.2, 0.25) is 0 Å². The van der Waals surface area contributed by atoms with Crippen LogP contribution in [0.1, 0.15) is 26.7 Å². The molecule has 0 aromatic rings. The summed E-state index contributed by atoms with van der Waals surface area (Å²) in [5.41, 5.74) is 0.919. The molecule has 0 bridgehead atoms. The Morgan fingerprint density at radius 2 is 2.17 bits per heavy atom. The average molecular weight is 168 g/mol. The van der Waals surface area contributed by atoms with Crippen molar-refractivity contribution in [2.75, 3.05) is 0 Å². The number of carbonyl (C=O) groups excluding carboxylic acids is 1. The molecule has 1 saturated carbocycles. The SMILES string of the molecule is C=C(C)[C@H]1CC[C@H](C)C(=O)[C@@H]1O. The van der Waals surface area contributed by atoms with Crippen LogP contribution in [0.5, 0.6) is 0 Å². The summed E-state index contributed by atoms with van der Waals surface area (Å²) in [5, 5.41) is 9.57. The normalized spacial score (nSPS) is 36.6. The fourth-order valence-corrected chi connectivity index (χ4v) is 1.74. The molecule has 0 heterocycles. The van der Waals surface area contributed by atoms with Gasteiger partial charge in [0.05, 0.1) is 0 Å². The van der Waals surface area contributed by atoms with E-state index in [0.717, 1.165) is 18.4 Å². The van der Waals surface area contributed by atoms with Crippen LogP contribution in [0.4, 0.5) is 0 Å². The van der Waals surface area contributed by atoms with Gasteiger partial charge < -0.3 is 5.11 Å². The third kappa shape index (κ3) is 1.58. The Bertz CT molecular complexity index is 208. The molecular formula is C10H16O2. The maximum absolute atomic E-state index is 11.3. The first-order valence-electron chi connectivity index (χ1n) is 4.41. The molecule has 3 atom stereocenters. The molecule has 1 N–H and O–H groups in total. The number of rotatable bonds is 1. The van der Waals surface area contributed by atoms with E-state index in [-0.39, 0.29) is 17.6 Å². The standard InChI is InChI=1S/C10H16O2/c1-6(2)8-5-4-7(3)9(11)10(8)12/h7-8,10,12H,1,4-5H2,2-3H3/t7-,8+,10+/m0/s1. The zero-order chi connectivity index (χ0) is 9.30. The van der Waals surface area contributed by atoms with E-state index < -0.39 is 6.10 Å². The fourth-order valence-electron chi connectivity index (χ4n) is 1.74. The van der Waals surface area contributed by atoms with Crippen LogP contribution in [0.25, 0.3) is 0 Å². The van der Waals surface area contributed by atoms with Crippen LogP contribution < -0.4 is 0 Å². The predicted octanol–water partition coefficient (Wildman–Crippen LogP) is 1.54. The monoisotopic (exact) mass is 168 g/mol. The van der Waals surface area contributed by atoms with Crippen LogP contribution in [0.3, 0.4) is 0 Å². The van der Waals surface area contributed by atoms with E-state index in [1.54, 1.807) is 0 Å². The van der Waals surface area contributed by atoms with E-state index in [4.69, 9.17) is 0 Å². The van der Waals surface area contributed by atoms with E-state index in [1.165, 1.54) is 0 Å². The van der Waals surface area contributed by atoms with Crippen molar-refractivity contribution in [2.24, 2.45) is 11.8 Å². The van der Waals surface area contributed by atoms with Gasteiger partial charge in [-0.3, -0.25) is 4.79 Å². The van der Waals surface area contributed by atoms with Crippen molar-refractivity contribution in [2.45, 2.75) is 32.8 Å². The Labute approximate surface area is 73.3 Å². The van der Waals surface area contributed by atoms with Gasteiger partial charge >= 0.3 is 0 Å². The molecule has 0 unspecified atom stereocenters. The van der Waals surface area contributed by atoms with Crippen molar-refractivity contribution in [1.82, 2.24) is 0 Å². The number of ketones is 1. The van der Waals surface area contributed by atoms with Crippen LogP contribution in [-0.2, 0) is 4.79 Å². The van der Waals surface area contributed by atoms with Crippen molar-refractivity contribution in [3.8, 4) is 0 Å². The first kappa shape index (κ1) is 9.46. The lowest BCUT2D eigenvalue weighted by atomic mass is 9.77. The Morgan fingerprint density at radius 3 is 2.67 bits per heavy atom. The summed E-state index contributed by atoms with van der Waals surface area (Å²) < 4.78 is 0. The molecule has 1 aliphatic rings. The molecule has 0 aliphatic heterocycles. The average Bonchev–Trinajstić information content (AvgIpc) is 2.00. The molecule has 1 fully saturated rings. The molecule has 0 radical (unpaired) electrons. The highest BCUT2D eigenvalue weighted by Crippen LogP contribution is 2.30. The topological polar surface area (TPSA) is 37.3 Å². The molecule has 2 nitrogen and oxygen atoms in total. The van der Waals surface area contributed by atoms with Gasteiger partial charge in [-0.2, -0.15) is 0 Å². The largest absolute Gasteiger partial charge is 0.385 e. The summed E-state index contributed by atoms with van der Waals surface area (Å²) in [7, 11) is 0. The summed E-state index contributed by atoms with van der Waals surface area (Å²) in [5.74, 6) is -0.00134. The third-order valence-corrected chi connectivity index (χ3v) is 2.70. The van der Waals surface area contributed by atoms with Crippen molar-refractivity contribution in [3.05, 3.63) is 12.2 Å². The van der Waals surface area contributed by atoms with E-state index in [0.29, 0.717) is 0 Å². The zero-order valence-electron chi connectivity index (χ0n) is 7.71. The number of Topliss-reactive ketones (excluding diaryl/α,β-unsaturated/α-hetero) is 1. The highest BCUT2D eigenvalue weighted by molar-refractivity contribution is 5.86. The number of aliphatic hydroxyl groups excluding tert-OH is 1. The Kier molecular flexibility index (Phi) is 2.68. The van der Waals surface area contributed by atoms with Gasteiger partial charge in [-0.25, -0.2) is 0 Å². The highest BCUT2D eigenvalue weighted by Gasteiger charge is 2.34. The second-order valence-corrected chi connectivity index (χ2v) is 3.78. The first-order chi connectivity index (χ1) is 5.54. The third-order valence-electron chi connectivity index (χ3n) is 2.70. The summed E-state index contributed by atoms with van der Waals surface area (Å²) in [6, 6.07) is 0. The lowest BCUT2D eigenvalue weighted by molar-refractivity contribution is -0.135. The number of aliphatic hydroxyl groups is 1. The van der Waals surface area contributed by atoms with E-state index in [2.05, 4.69) is 6.58 Å². The van der Waals surface area contributed by atoms with Gasteiger partial charge in [-0.05, 0) is 19.8 Å². The molecule has 0 amide bonds. The maximum Gasteiger partial charge on any atom is 0.164 e. The number of hydrogen-bond donors (Lipinski definition) is 1. The molecule has 1 rings (SSSR count).